The monoisotopic (exact) mass is 421 g/mol. The molecule has 1 aromatic rings. The lowest BCUT2D eigenvalue weighted by molar-refractivity contribution is -0.133. The predicted molar refractivity (Wildman–Crippen MR) is 113 cm³/mol. The molecule has 0 bridgehead atoms. The maximum Gasteiger partial charge on any atom is 0.247 e. The minimum absolute atomic E-state index is 0.0595. The van der Waals surface area contributed by atoms with Gasteiger partial charge in [-0.25, -0.2) is 8.42 Å². The molecular weight excluding hydrogens is 390 g/mol. The van der Waals surface area contributed by atoms with E-state index in [2.05, 4.69) is 5.32 Å². The average Bonchev–Trinajstić information content (AvgIpc) is 2.90. The van der Waals surface area contributed by atoms with Gasteiger partial charge in [-0.2, -0.15) is 4.31 Å². The first-order chi connectivity index (χ1) is 13.6. The van der Waals surface area contributed by atoms with Crippen LogP contribution in [0.1, 0.15) is 51.0 Å². The van der Waals surface area contributed by atoms with Crippen LogP contribution in [0.2, 0.25) is 0 Å². The van der Waals surface area contributed by atoms with E-state index in [1.165, 1.54) is 17.7 Å². The summed E-state index contributed by atoms with van der Waals surface area (Å²) in [6.07, 6.45) is 7.37. The van der Waals surface area contributed by atoms with Gasteiger partial charge in [-0.3, -0.25) is 14.5 Å². The van der Waals surface area contributed by atoms with Crippen LogP contribution in [0.4, 0.5) is 5.69 Å². The molecule has 7 nitrogen and oxygen atoms in total. The second kappa shape index (κ2) is 8.44. The fourth-order valence-electron chi connectivity index (χ4n) is 4.35. The number of nitrogens with zero attached hydrogens (tertiary/aromatic N) is 2. The van der Waals surface area contributed by atoms with Crippen LogP contribution in [-0.2, 0) is 19.6 Å². The molecule has 8 heteroatoms. The number of nitrogens with one attached hydrogen (secondary N) is 1. The lowest BCUT2D eigenvalue weighted by Crippen LogP contribution is -2.70. The van der Waals surface area contributed by atoms with E-state index < -0.39 is 21.5 Å². The van der Waals surface area contributed by atoms with E-state index in [0.717, 1.165) is 41.8 Å². The number of carbonyl (C=O) groups excluding carboxylic acids is 2. The fraction of sp³-hybridized carbons (Fsp3) is 0.619. The molecule has 29 heavy (non-hydrogen) atoms. The molecule has 2 amide bonds. The highest BCUT2D eigenvalue weighted by Crippen LogP contribution is 2.33. The smallest absolute Gasteiger partial charge is 0.247 e. The standard InChI is InChI=1S/C21H31N3O4S/c1-16-10-8-9-13-18(16)24-19(25)14-23(29(3,27)28)15-21(24,2)20(26)22-17-11-6-4-5-7-12-17/h8-10,13,17H,4-7,11-12,14-15H2,1-3H3,(H,22,26). The van der Waals surface area contributed by atoms with Gasteiger partial charge in [-0.05, 0) is 38.3 Å². The lowest BCUT2D eigenvalue weighted by Gasteiger charge is -2.47. The van der Waals surface area contributed by atoms with Crippen molar-refractivity contribution in [3.05, 3.63) is 29.8 Å². The second-order valence-corrected chi connectivity index (χ2v) is 10.5. The van der Waals surface area contributed by atoms with Crippen molar-refractivity contribution in [2.24, 2.45) is 0 Å². The number of aryl methyl sites for hydroxylation is 1. The molecule has 0 aromatic heterocycles. The van der Waals surface area contributed by atoms with Gasteiger partial charge >= 0.3 is 0 Å². The van der Waals surface area contributed by atoms with Crippen LogP contribution in [0.3, 0.4) is 0 Å². The summed E-state index contributed by atoms with van der Waals surface area (Å²) in [7, 11) is -3.61. The van der Waals surface area contributed by atoms with Crippen LogP contribution in [0.15, 0.2) is 24.3 Å². The first-order valence-corrected chi connectivity index (χ1v) is 12.1. The van der Waals surface area contributed by atoms with E-state index in [-0.39, 0.29) is 25.0 Å². The Morgan fingerprint density at radius 2 is 1.76 bits per heavy atom. The Morgan fingerprint density at radius 3 is 2.34 bits per heavy atom. The van der Waals surface area contributed by atoms with Crippen LogP contribution in [0, 0.1) is 6.92 Å². The first-order valence-electron chi connectivity index (χ1n) is 10.3. The van der Waals surface area contributed by atoms with Gasteiger partial charge in [0.2, 0.25) is 21.8 Å². The zero-order chi connectivity index (χ0) is 21.2. The number of para-hydroxylation sites is 1. The van der Waals surface area contributed by atoms with Crippen LogP contribution in [0.25, 0.3) is 0 Å². The molecule has 1 saturated heterocycles. The van der Waals surface area contributed by atoms with Gasteiger partial charge in [0, 0.05) is 18.3 Å². The molecule has 3 rings (SSSR count). The third-order valence-electron chi connectivity index (χ3n) is 6.04. The predicted octanol–water partition coefficient (Wildman–Crippen LogP) is 2.20. The quantitative estimate of drug-likeness (QED) is 0.755. The normalized spacial score (nSPS) is 24.9. The molecule has 1 aliphatic carbocycles. The van der Waals surface area contributed by atoms with Crippen molar-refractivity contribution >= 4 is 27.5 Å². The van der Waals surface area contributed by atoms with Gasteiger partial charge in [0.05, 0.1) is 12.8 Å². The molecule has 1 aliphatic heterocycles. The molecule has 160 valence electrons. The van der Waals surface area contributed by atoms with Crippen molar-refractivity contribution < 1.29 is 18.0 Å². The number of sulfonamides is 1. The van der Waals surface area contributed by atoms with Gasteiger partial charge in [0.1, 0.15) is 5.54 Å². The molecule has 1 saturated carbocycles. The molecule has 1 N–H and O–H groups in total. The Bertz CT molecular complexity index is 878. The summed E-state index contributed by atoms with van der Waals surface area (Å²) in [6, 6.07) is 7.45. The molecule has 2 aliphatic rings. The Hall–Kier alpha value is -1.93. The number of hydrogen-bond acceptors (Lipinski definition) is 4. The Morgan fingerprint density at radius 1 is 1.14 bits per heavy atom. The molecule has 1 heterocycles. The van der Waals surface area contributed by atoms with Crippen molar-refractivity contribution in [2.45, 2.75) is 64.0 Å². The van der Waals surface area contributed by atoms with Gasteiger partial charge in [-0.15, -0.1) is 0 Å². The van der Waals surface area contributed by atoms with Crippen molar-refractivity contribution in [2.75, 3.05) is 24.2 Å². The summed E-state index contributed by atoms with van der Waals surface area (Å²) in [5.41, 5.74) is 0.183. The van der Waals surface area contributed by atoms with Crippen LogP contribution in [-0.4, -0.2) is 55.5 Å². The summed E-state index contributed by atoms with van der Waals surface area (Å²) in [4.78, 5) is 28.1. The number of hydrogen-bond donors (Lipinski definition) is 1. The van der Waals surface area contributed by atoms with E-state index in [0.29, 0.717) is 5.69 Å². The van der Waals surface area contributed by atoms with Crippen molar-refractivity contribution in [1.29, 1.82) is 0 Å². The van der Waals surface area contributed by atoms with E-state index in [1.54, 1.807) is 13.0 Å². The van der Waals surface area contributed by atoms with Gasteiger partial charge in [0.25, 0.3) is 0 Å². The lowest BCUT2D eigenvalue weighted by atomic mass is 9.92. The number of piperazine rings is 1. The molecule has 1 atom stereocenters. The summed E-state index contributed by atoms with van der Waals surface area (Å²) < 4.78 is 25.5. The number of benzene rings is 1. The minimum atomic E-state index is -3.61. The maximum absolute atomic E-state index is 13.5. The fourth-order valence-corrected chi connectivity index (χ4v) is 5.18. The third-order valence-corrected chi connectivity index (χ3v) is 7.24. The highest BCUT2D eigenvalue weighted by atomic mass is 32.2. The zero-order valence-corrected chi connectivity index (χ0v) is 18.3. The number of rotatable bonds is 4. The Balaban J connectivity index is 1.98. The Kier molecular flexibility index (Phi) is 6.33. The highest BCUT2D eigenvalue weighted by Gasteiger charge is 2.50. The number of carbonyl (C=O) groups is 2. The molecule has 2 fully saturated rings. The zero-order valence-electron chi connectivity index (χ0n) is 17.5. The summed E-state index contributed by atoms with van der Waals surface area (Å²) in [6.45, 7) is 3.22. The first kappa shape index (κ1) is 21.8. The Labute approximate surface area is 173 Å². The van der Waals surface area contributed by atoms with Gasteiger partial charge in [0.15, 0.2) is 0 Å². The number of amides is 2. The van der Waals surface area contributed by atoms with Gasteiger partial charge in [-0.1, -0.05) is 43.9 Å². The molecule has 1 aromatic carbocycles. The van der Waals surface area contributed by atoms with E-state index in [1.807, 2.05) is 25.1 Å². The van der Waals surface area contributed by atoms with Crippen LogP contribution in [0.5, 0.6) is 0 Å². The third kappa shape index (κ3) is 4.64. The van der Waals surface area contributed by atoms with Crippen LogP contribution >= 0.6 is 0 Å². The van der Waals surface area contributed by atoms with Crippen molar-refractivity contribution in [3.63, 3.8) is 0 Å². The average molecular weight is 422 g/mol. The van der Waals surface area contributed by atoms with E-state index >= 15 is 0 Å². The van der Waals surface area contributed by atoms with Crippen molar-refractivity contribution in [3.8, 4) is 0 Å². The highest BCUT2D eigenvalue weighted by molar-refractivity contribution is 7.88. The van der Waals surface area contributed by atoms with Crippen LogP contribution < -0.4 is 10.2 Å². The van der Waals surface area contributed by atoms with E-state index in [9.17, 15) is 18.0 Å². The molecule has 0 spiro atoms. The van der Waals surface area contributed by atoms with E-state index in [4.69, 9.17) is 0 Å². The summed E-state index contributed by atoms with van der Waals surface area (Å²) >= 11 is 0. The molecular formula is C21H31N3O4S. The topological polar surface area (TPSA) is 86.8 Å². The number of anilines is 1. The molecule has 0 radical (unpaired) electrons. The van der Waals surface area contributed by atoms with Crippen molar-refractivity contribution in [1.82, 2.24) is 9.62 Å². The second-order valence-electron chi connectivity index (χ2n) is 8.48. The van der Waals surface area contributed by atoms with Gasteiger partial charge < -0.3 is 5.32 Å². The maximum atomic E-state index is 13.5. The minimum Gasteiger partial charge on any atom is -0.351 e. The summed E-state index contributed by atoms with van der Waals surface area (Å²) in [5, 5.41) is 3.13. The summed E-state index contributed by atoms with van der Waals surface area (Å²) in [5.74, 6) is -0.691. The largest absolute Gasteiger partial charge is 0.351 e. The SMILES string of the molecule is Cc1ccccc1N1C(=O)CN(S(C)(=O)=O)CC1(C)C(=O)NC1CCCCCC1. The molecule has 1 unspecified atom stereocenters.